The van der Waals surface area contributed by atoms with Gasteiger partial charge in [-0.3, -0.25) is 11.3 Å². The Balaban J connectivity index is 2.73. The van der Waals surface area contributed by atoms with Crippen LogP contribution in [0.5, 0.6) is 0 Å². The minimum Gasteiger partial charge on any atom is -0.271 e. The largest absolute Gasteiger partial charge is 0.271 e. The Morgan fingerprint density at radius 2 is 2.25 bits per heavy atom. The number of benzene rings is 1. The van der Waals surface area contributed by atoms with Crippen molar-refractivity contribution in [3.63, 3.8) is 0 Å². The van der Waals surface area contributed by atoms with Gasteiger partial charge in [-0.25, -0.2) is 0 Å². The van der Waals surface area contributed by atoms with Crippen molar-refractivity contribution in [3.8, 4) is 0 Å². The van der Waals surface area contributed by atoms with E-state index in [0.29, 0.717) is 0 Å². The highest BCUT2D eigenvalue weighted by atomic mass is 79.9. The molecular weight excluding hydrogens is 264 g/mol. The van der Waals surface area contributed by atoms with Crippen LogP contribution in [0.15, 0.2) is 35.3 Å². The van der Waals surface area contributed by atoms with Crippen LogP contribution >= 0.6 is 15.9 Å². The average Bonchev–Trinajstić information content (AvgIpc) is 2.23. The van der Waals surface area contributed by atoms with Gasteiger partial charge >= 0.3 is 0 Å². The van der Waals surface area contributed by atoms with Crippen LogP contribution < -0.4 is 11.3 Å². The molecule has 88 valence electrons. The van der Waals surface area contributed by atoms with Gasteiger partial charge in [0.05, 0.1) is 0 Å². The van der Waals surface area contributed by atoms with Crippen molar-refractivity contribution in [2.45, 2.75) is 32.2 Å². The Morgan fingerprint density at radius 3 is 2.81 bits per heavy atom. The molecule has 3 N–H and O–H groups in total. The summed E-state index contributed by atoms with van der Waals surface area (Å²) in [5, 5.41) is 0. The van der Waals surface area contributed by atoms with Gasteiger partial charge in [-0.1, -0.05) is 28.1 Å². The third kappa shape index (κ3) is 4.08. The SMILES string of the molecule is C=CCCCC(NN)c1cc(C)cc(Br)c1. The van der Waals surface area contributed by atoms with E-state index in [-0.39, 0.29) is 6.04 Å². The predicted molar refractivity (Wildman–Crippen MR) is 73.0 cm³/mol. The molecule has 16 heavy (non-hydrogen) atoms. The van der Waals surface area contributed by atoms with E-state index >= 15 is 0 Å². The first kappa shape index (κ1) is 13.4. The molecule has 0 heterocycles. The second kappa shape index (κ2) is 6.84. The van der Waals surface area contributed by atoms with Gasteiger partial charge < -0.3 is 0 Å². The maximum atomic E-state index is 5.60. The number of aryl methyl sites for hydroxylation is 1. The van der Waals surface area contributed by atoms with E-state index in [1.165, 1.54) is 11.1 Å². The summed E-state index contributed by atoms with van der Waals surface area (Å²) in [6.07, 6.45) is 5.10. The topological polar surface area (TPSA) is 38.0 Å². The zero-order valence-electron chi connectivity index (χ0n) is 9.67. The summed E-state index contributed by atoms with van der Waals surface area (Å²) in [5.74, 6) is 5.60. The molecule has 1 rings (SSSR count). The number of rotatable bonds is 6. The fourth-order valence-electron chi connectivity index (χ4n) is 1.78. The fraction of sp³-hybridized carbons (Fsp3) is 0.385. The fourth-order valence-corrected chi connectivity index (χ4v) is 2.40. The Kier molecular flexibility index (Phi) is 5.74. The van der Waals surface area contributed by atoms with Crippen LogP contribution in [0.25, 0.3) is 0 Å². The Hall–Kier alpha value is -0.640. The average molecular weight is 283 g/mol. The van der Waals surface area contributed by atoms with Gasteiger partial charge in [0, 0.05) is 10.5 Å². The summed E-state index contributed by atoms with van der Waals surface area (Å²) < 4.78 is 1.10. The van der Waals surface area contributed by atoms with Crippen molar-refractivity contribution in [1.29, 1.82) is 0 Å². The Morgan fingerprint density at radius 1 is 1.50 bits per heavy atom. The maximum absolute atomic E-state index is 5.60. The summed E-state index contributed by atoms with van der Waals surface area (Å²) in [6.45, 7) is 5.81. The summed E-state index contributed by atoms with van der Waals surface area (Å²) >= 11 is 3.51. The van der Waals surface area contributed by atoms with Crippen LogP contribution in [0.3, 0.4) is 0 Å². The van der Waals surface area contributed by atoms with E-state index in [4.69, 9.17) is 5.84 Å². The lowest BCUT2D eigenvalue weighted by Crippen LogP contribution is -2.28. The lowest BCUT2D eigenvalue weighted by Gasteiger charge is -2.17. The zero-order chi connectivity index (χ0) is 12.0. The van der Waals surface area contributed by atoms with Crippen molar-refractivity contribution in [2.75, 3.05) is 0 Å². The van der Waals surface area contributed by atoms with E-state index in [2.05, 4.69) is 53.1 Å². The number of nitrogens with two attached hydrogens (primary N) is 1. The van der Waals surface area contributed by atoms with Gasteiger partial charge in [-0.2, -0.15) is 0 Å². The molecule has 2 nitrogen and oxygen atoms in total. The second-order valence-electron chi connectivity index (χ2n) is 4.00. The number of hydrogen-bond donors (Lipinski definition) is 2. The predicted octanol–water partition coefficient (Wildman–Crippen LogP) is 3.62. The van der Waals surface area contributed by atoms with Gasteiger partial charge in [0.1, 0.15) is 0 Å². The molecule has 1 atom stereocenters. The van der Waals surface area contributed by atoms with Crippen LogP contribution in [0.4, 0.5) is 0 Å². The normalized spacial score (nSPS) is 12.4. The van der Waals surface area contributed by atoms with Gasteiger partial charge in [-0.15, -0.1) is 6.58 Å². The number of nitrogens with one attached hydrogen (secondary N) is 1. The van der Waals surface area contributed by atoms with Crippen LogP contribution in [0.2, 0.25) is 0 Å². The minimum atomic E-state index is 0.219. The van der Waals surface area contributed by atoms with Crippen LogP contribution in [-0.4, -0.2) is 0 Å². The number of hydrogen-bond acceptors (Lipinski definition) is 2. The first-order valence-corrected chi connectivity index (χ1v) is 6.30. The zero-order valence-corrected chi connectivity index (χ0v) is 11.3. The molecular formula is C13H19BrN2. The van der Waals surface area contributed by atoms with E-state index in [1.54, 1.807) is 0 Å². The third-order valence-corrected chi connectivity index (χ3v) is 3.03. The molecule has 0 fully saturated rings. The highest BCUT2D eigenvalue weighted by Crippen LogP contribution is 2.23. The number of hydrazine groups is 1. The molecule has 0 aliphatic rings. The van der Waals surface area contributed by atoms with Crippen molar-refractivity contribution in [3.05, 3.63) is 46.5 Å². The van der Waals surface area contributed by atoms with Crippen molar-refractivity contribution in [2.24, 2.45) is 5.84 Å². The minimum absolute atomic E-state index is 0.219. The summed E-state index contributed by atoms with van der Waals surface area (Å²) in [5.41, 5.74) is 5.36. The molecule has 0 aromatic heterocycles. The van der Waals surface area contributed by atoms with Crippen LogP contribution in [0.1, 0.15) is 36.4 Å². The van der Waals surface area contributed by atoms with Gasteiger partial charge in [0.15, 0.2) is 0 Å². The van der Waals surface area contributed by atoms with Crippen LogP contribution in [0, 0.1) is 6.92 Å². The molecule has 0 spiro atoms. The molecule has 1 aromatic carbocycles. The van der Waals surface area contributed by atoms with Crippen LogP contribution in [-0.2, 0) is 0 Å². The van der Waals surface area contributed by atoms with Gasteiger partial charge in [0.25, 0.3) is 0 Å². The molecule has 0 saturated heterocycles. The molecule has 0 saturated carbocycles. The van der Waals surface area contributed by atoms with Crippen molar-refractivity contribution < 1.29 is 0 Å². The van der Waals surface area contributed by atoms with E-state index in [1.807, 2.05) is 6.08 Å². The van der Waals surface area contributed by atoms with E-state index < -0.39 is 0 Å². The molecule has 0 aliphatic heterocycles. The third-order valence-electron chi connectivity index (χ3n) is 2.57. The Bertz CT molecular complexity index is 330. The lowest BCUT2D eigenvalue weighted by atomic mass is 10.00. The molecule has 0 aliphatic carbocycles. The van der Waals surface area contributed by atoms with E-state index in [0.717, 1.165) is 23.7 Å². The first-order valence-electron chi connectivity index (χ1n) is 5.51. The molecule has 0 bridgehead atoms. The second-order valence-corrected chi connectivity index (χ2v) is 4.92. The Labute approximate surface area is 106 Å². The highest BCUT2D eigenvalue weighted by Gasteiger charge is 2.09. The maximum Gasteiger partial charge on any atom is 0.0460 e. The molecule has 0 amide bonds. The molecule has 1 aromatic rings. The summed E-state index contributed by atoms with van der Waals surface area (Å²) in [7, 11) is 0. The van der Waals surface area contributed by atoms with E-state index in [9.17, 15) is 0 Å². The standard InChI is InChI=1S/C13H19BrN2/c1-3-4-5-6-13(16-15)11-7-10(2)8-12(14)9-11/h3,7-9,13,16H,1,4-6,15H2,2H3. The smallest absolute Gasteiger partial charge is 0.0460 e. The number of unbranched alkanes of at least 4 members (excludes halogenated alkanes) is 1. The molecule has 0 radical (unpaired) electrons. The van der Waals surface area contributed by atoms with Gasteiger partial charge in [-0.05, 0) is 49.4 Å². The summed E-state index contributed by atoms with van der Waals surface area (Å²) in [6, 6.07) is 6.60. The lowest BCUT2D eigenvalue weighted by molar-refractivity contribution is 0.500. The summed E-state index contributed by atoms with van der Waals surface area (Å²) in [4.78, 5) is 0. The molecule has 1 unspecified atom stereocenters. The van der Waals surface area contributed by atoms with Crippen molar-refractivity contribution in [1.82, 2.24) is 5.43 Å². The van der Waals surface area contributed by atoms with Crippen molar-refractivity contribution >= 4 is 15.9 Å². The first-order chi connectivity index (χ1) is 7.67. The monoisotopic (exact) mass is 282 g/mol. The highest BCUT2D eigenvalue weighted by molar-refractivity contribution is 9.10. The quantitative estimate of drug-likeness (QED) is 0.362. The number of halogens is 1. The van der Waals surface area contributed by atoms with Gasteiger partial charge in [0.2, 0.25) is 0 Å². The number of allylic oxidation sites excluding steroid dienone is 1. The molecule has 3 heteroatoms.